The van der Waals surface area contributed by atoms with Gasteiger partial charge in [-0.2, -0.15) is 0 Å². The molecule has 8 aliphatic carbocycles. The van der Waals surface area contributed by atoms with Gasteiger partial charge in [-0.3, -0.25) is 14.6 Å². The summed E-state index contributed by atoms with van der Waals surface area (Å²) in [6, 6.07) is 13.0. The second kappa shape index (κ2) is 19.2. The fourth-order valence-electron chi connectivity index (χ4n) is 19.4. The molecule has 400 valence electrons. The number of ether oxygens (including phenoxy) is 2. The number of hydrogen-bond acceptors (Lipinski definition) is 11. The van der Waals surface area contributed by atoms with Gasteiger partial charge in [0.15, 0.2) is 17.5 Å². The first-order chi connectivity index (χ1) is 35.8. The number of fused-ring (bicyclic) bond motifs is 1. The van der Waals surface area contributed by atoms with Gasteiger partial charge in [0.05, 0.1) is 6.10 Å². The third-order valence-corrected chi connectivity index (χ3v) is 26.3. The molecular weight excluding hydrogens is 961 g/mol. The number of aromatic hydroxyl groups is 1. The molecule has 5 N–H and O–H groups in total. The van der Waals surface area contributed by atoms with E-state index in [0.717, 1.165) is 86.7 Å². The van der Waals surface area contributed by atoms with Gasteiger partial charge in [-0.25, -0.2) is 0 Å². The third-order valence-electron chi connectivity index (χ3n) is 23.0. The third kappa shape index (κ3) is 8.38. The predicted molar refractivity (Wildman–Crippen MR) is 295 cm³/mol. The second-order valence-corrected chi connectivity index (χ2v) is 29.1. The molecule has 6 heterocycles. The fraction of sp³-hybridized carbons (Fsp3) is 0.726. The van der Waals surface area contributed by atoms with Crippen LogP contribution in [0.15, 0.2) is 53.5 Å². The Hall–Kier alpha value is -3.35. The van der Waals surface area contributed by atoms with Crippen LogP contribution in [0.2, 0.25) is 0 Å². The number of aryl methyl sites for hydroxylation is 1. The van der Waals surface area contributed by atoms with Gasteiger partial charge in [0.1, 0.15) is 16.1 Å². The minimum atomic E-state index is -0.795. The van der Waals surface area contributed by atoms with Gasteiger partial charge in [0.25, 0.3) is 0 Å². The van der Waals surface area contributed by atoms with Crippen molar-refractivity contribution in [2.45, 2.75) is 214 Å². The van der Waals surface area contributed by atoms with Gasteiger partial charge >= 0.3 is 5.97 Å². The van der Waals surface area contributed by atoms with Crippen molar-refractivity contribution >= 4 is 39.4 Å². The zero-order chi connectivity index (χ0) is 50.5. The van der Waals surface area contributed by atoms with E-state index < -0.39 is 17.3 Å². The Labute approximate surface area is 448 Å². The first kappa shape index (κ1) is 50.2. The molecule has 74 heavy (non-hydrogen) atoms. The van der Waals surface area contributed by atoms with E-state index in [1.54, 1.807) is 0 Å². The lowest BCUT2D eigenvalue weighted by Crippen LogP contribution is -2.56. The highest BCUT2D eigenvalue weighted by Gasteiger charge is 2.60. The number of amides is 1. The van der Waals surface area contributed by atoms with Gasteiger partial charge in [0, 0.05) is 78.9 Å². The van der Waals surface area contributed by atoms with Crippen molar-refractivity contribution in [3.05, 3.63) is 70.8 Å². The van der Waals surface area contributed by atoms with E-state index in [1.165, 1.54) is 89.5 Å². The lowest BCUT2D eigenvalue weighted by atomic mass is 9.57. The summed E-state index contributed by atoms with van der Waals surface area (Å²) >= 11 is 0. The highest BCUT2D eigenvalue weighted by atomic mass is 33.1. The van der Waals surface area contributed by atoms with Crippen LogP contribution in [0.5, 0.6) is 11.5 Å². The smallest absolute Gasteiger partial charge is 0.303 e. The van der Waals surface area contributed by atoms with E-state index in [-0.39, 0.29) is 63.5 Å². The zero-order valence-electron chi connectivity index (χ0n) is 44.3. The Morgan fingerprint density at radius 1 is 0.878 bits per heavy atom. The van der Waals surface area contributed by atoms with Crippen LogP contribution in [0.3, 0.4) is 0 Å². The molecule has 8 fully saturated rings. The Bertz CT molecular complexity index is 2540. The second-order valence-electron chi connectivity index (χ2n) is 26.5. The van der Waals surface area contributed by atoms with Crippen molar-refractivity contribution in [3.8, 4) is 11.5 Å². The maximum absolute atomic E-state index is 14.9. The van der Waals surface area contributed by atoms with E-state index in [9.17, 15) is 19.8 Å². The van der Waals surface area contributed by atoms with Gasteiger partial charge in [-0.05, 0) is 187 Å². The number of phenols is 1. The molecule has 16 rings (SSSR count). The molecule has 14 aliphatic rings. The molecule has 2 aromatic rings. The molecular formula is C62H84N4O6S2. The number of rotatable bonds is 2. The number of esters is 1. The van der Waals surface area contributed by atoms with Crippen LogP contribution in [-0.2, 0) is 27.3 Å². The van der Waals surface area contributed by atoms with E-state index in [4.69, 9.17) is 20.2 Å². The Balaban J connectivity index is 0.889. The molecule has 7 saturated carbocycles. The molecule has 0 unspecified atom stereocenters. The number of aliphatic hydroxyl groups excluding tert-OH is 1. The number of aliphatic imine (C=N–C) groups is 1. The Kier molecular flexibility index (Phi) is 13.0. The van der Waals surface area contributed by atoms with E-state index >= 15 is 0 Å². The van der Waals surface area contributed by atoms with Gasteiger partial charge < -0.3 is 35.6 Å². The molecule has 12 heteroatoms. The quantitative estimate of drug-likeness (QED) is 0.130. The van der Waals surface area contributed by atoms with Gasteiger partial charge in [-0.15, -0.1) is 0 Å². The summed E-state index contributed by atoms with van der Waals surface area (Å²) in [5.41, 5.74) is 10.3. The van der Waals surface area contributed by atoms with E-state index in [0.29, 0.717) is 73.7 Å². The van der Waals surface area contributed by atoms with Crippen LogP contribution < -0.4 is 15.8 Å². The summed E-state index contributed by atoms with van der Waals surface area (Å²) in [6.45, 7) is 2.97. The summed E-state index contributed by atoms with van der Waals surface area (Å²) in [5.74, 6) is 4.43. The van der Waals surface area contributed by atoms with Crippen molar-refractivity contribution in [1.29, 1.82) is 0 Å². The molecule has 2 aromatic carbocycles. The highest BCUT2D eigenvalue weighted by Crippen LogP contribution is 2.66. The molecule has 1 amide bonds. The highest BCUT2D eigenvalue weighted by molar-refractivity contribution is 8.77. The normalized spacial score (nSPS) is 40.2. The number of carbonyl (C=O) groups excluding carboxylic acids is 2. The van der Waals surface area contributed by atoms with Crippen molar-refractivity contribution in [2.24, 2.45) is 56.6 Å². The summed E-state index contributed by atoms with van der Waals surface area (Å²) < 4.78 is 13.7. The molecule has 5 spiro atoms. The zero-order valence-corrected chi connectivity index (χ0v) is 45.9. The van der Waals surface area contributed by atoms with Gasteiger partial charge in [0.2, 0.25) is 5.91 Å². The number of allylic oxidation sites excluding steroid dienone is 1. The van der Waals surface area contributed by atoms with Crippen molar-refractivity contribution < 1.29 is 29.3 Å². The summed E-state index contributed by atoms with van der Waals surface area (Å²) in [5, 5.41) is 29.2. The van der Waals surface area contributed by atoms with Crippen molar-refractivity contribution in [3.63, 3.8) is 0 Å². The number of nitrogens with zero attached hydrogens (tertiary/aromatic N) is 2. The first-order valence-corrected chi connectivity index (χ1v) is 32.0. The number of hydrogen-bond donors (Lipinski definition) is 4. The largest absolute Gasteiger partial charge is 0.504 e. The minimum absolute atomic E-state index is 0.0948. The molecule has 0 radical (unpaired) electrons. The summed E-state index contributed by atoms with van der Waals surface area (Å²) in [6.07, 6.45) is 31.2. The monoisotopic (exact) mass is 1040 g/mol. The maximum atomic E-state index is 14.9. The van der Waals surface area contributed by atoms with Crippen LogP contribution in [0.25, 0.3) is 0 Å². The average molecular weight is 1050 g/mol. The maximum Gasteiger partial charge on any atom is 0.303 e. The molecule has 0 aromatic heterocycles. The SMILES string of the molecule is CC(=O)O[C@@]12CCc3cc(c(O)c4c3[C@H]3C=C[C@@]5(CCC[C@@H]5C3)O4)CN3C[C@@]4(CC3=O)[C@@H](CC[C@H]4c3ccccc3)CN=C(N)N[C@@]3(CCCC34CCCC4)SSC[C@H]3CC[C@H](CC34CCCC4)[C@H](CC1)[C@H](O)C2. The number of phenolic OH excluding ortho intramolecular Hbond substituents is 1. The number of nitrogens with two attached hydrogens (primary N) is 1. The molecule has 1 saturated heterocycles. The lowest BCUT2D eigenvalue weighted by Gasteiger charge is -2.51. The van der Waals surface area contributed by atoms with Crippen LogP contribution in [0.1, 0.15) is 202 Å². The van der Waals surface area contributed by atoms with Crippen LogP contribution in [-0.4, -0.2) is 74.0 Å². The van der Waals surface area contributed by atoms with E-state index in [2.05, 4.69) is 75.5 Å². The predicted octanol–water partition coefficient (Wildman–Crippen LogP) is 12.4. The number of guanidine groups is 1. The Morgan fingerprint density at radius 2 is 1.68 bits per heavy atom. The number of carbonyl (C=O) groups is 2. The standard InChI is InChI=1S/C62H84N4O6S2/c1-40(67)71-59-28-18-42-31-45(54(70)55-53(42)43-19-30-61(72-55)26-9-13-46(61)32-43)37-66-39-60(35-52(66)69)47(16-17-50(60)41-11-3-2-4-12-41)36-64-56(63)65-62(27-10-25-58(62)23-7-8-24-58)74-73-38-48-15-14-44(33-57(48)21-5-6-22-57)49(20-29-59)51(68)34-59/h2-4,11-12,19,30-31,43-44,46-51,68,70H,5-10,13-18,20-29,32-39H2,1H3,(H3,63,64,65)/t43-,44+,46+,47-,48+,49-,50-,51+,59-,60-,61+,62-/m0/s1. The summed E-state index contributed by atoms with van der Waals surface area (Å²) in [7, 11) is 4.23. The Morgan fingerprint density at radius 3 is 2.49 bits per heavy atom. The van der Waals surface area contributed by atoms with Crippen LogP contribution in [0.4, 0.5) is 0 Å². The van der Waals surface area contributed by atoms with Crippen LogP contribution in [0, 0.1) is 45.8 Å². The first-order valence-electron chi connectivity index (χ1n) is 29.7. The molecule has 12 atom stereocenters. The van der Waals surface area contributed by atoms with Crippen molar-refractivity contribution in [2.75, 3.05) is 18.8 Å². The average Bonchev–Trinajstić information content (AvgIpc) is 4.28. The lowest BCUT2D eigenvalue weighted by molar-refractivity contribution is -0.171. The van der Waals surface area contributed by atoms with Crippen molar-refractivity contribution in [1.82, 2.24) is 10.2 Å². The van der Waals surface area contributed by atoms with E-state index in [1.807, 2.05) is 4.90 Å². The molecule has 10 bridgehead atoms. The molecule has 6 aliphatic heterocycles. The number of nitrogens with one attached hydrogen (secondary N) is 1. The van der Waals surface area contributed by atoms with Crippen LogP contribution >= 0.6 is 21.6 Å². The fourth-order valence-corrected chi connectivity index (χ4v) is 23.4. The minimum Gasteiger partial charge on any atom is -0.504 e. The molecule has 10 nitrogen and oxygen atoms in total. The van der Waals surface area contributed by atoms with Gasteiger partial charge in [-0.1, -0.05) is 83.7 Å². The summed E-state index contributed by atoms with van der Waals surface area (Å²) in [4.78, 5) is 35.3. The topological polar surface area (TPSA) is 147 Å². The number of benzene rings is 2. The number of aliphatic hydroxyl groups is 1.